The average molecular weight is 235 g/mol. The summed E-state index contributed by atoms with van der Waals surface area (Å²) in [5.74, 6) is 0. The molecular weight excluding hydrogens is 214 g/mol. The predicted molar refractivity (Wildman–Crippen MR) is 67.8 cm³/mol. The van der Waals surface area contributed by atoms with E-state index in [1.807, 2.05) is 0 Å². The van der Waals surface area contributed by atoms with Crippen LogP contribution in [-0.4, -0.2) is 38.0 Å². The minimum absolute atomic E-state index is 0.00863. The van der Waals surface area contributed by atoms with Crippen molar-refractivity contribution in [3.8, 4) is 0 Å². The van der Waals surface area contributed by atoms with Crippen LogP contribution < -0.4 is 0 Å². The summed E-state index contributed by atoms with van der Waals surface area (Å²) in [4.78, 5) is 2.31. The summed E-state index contributed by atoms with van der Waals surface area (Å²) in [6, 6.07) is 8.53. The zero-order valence-electron chi connectivity index (χ0n) is 10.7. The number of hydrogen-bond acceptors (Lipinski definition) is 3. The molecule has 1 aliphatic rings. The van der Waals surface area contributed by atoms with Crippen LogP contribution in [0.1, 0.15) is 17.5 Å². The first kappa shape index (κ1) is 12.6. The van der Waals surface area contributed by atoms with Gasteiger partial charge < -0.3 is 14.4 Å². The fourth-order valence-electron chi connectivity index (χ4n) is 2.06. The lowest BCUT2D eigenvalue weighted by molar-refractivity contribution is -0.0508. The van der Waals surface area contributed by atoms with Crippen molar-refractivity contribution in [3.63, 3.8) is 0 Å². The Morgan fingerprint density at radius 2 is 1.94 bits per heavy atom. The number of rotatable bonds is 5. The second-order valence-corrected chi connectivity index (χ2v) is 4.62. The molecule has 17 heavy (non-hydrogen) atoms. The fraction of sp³-hybridized carbons (Fsp3) is 0.571. The molecule has 94 valence electrons. The Balaban J connectivity index is 1.76. The van der Waals surface area contributed by atoms with Crippen LogP contribution in [0.25, 0.3) is 0 Å². The van der Waals surface area contributed by atoms with Crippen LogP contribution in [0.15, 0.2) is 24.3 Å². The molecule has 0 aliphatic carbocycles. The van der Waals surface area contributed by atoms with Crippen molar-refractivity contribution < 1.29 is 9.47 Å². The van der Waals surface area contributed by atoms with Gasteiger partial charge >= 0.3 is 0 Å². The predicted octanol–water partition coefficient (Wildman–Crippen LogP) is 2.19. The van der Waals surface area contributed by atoms with Crippen molar-refractivity contribution in [3.05, 3.63) is 35.4 Å². The van der Waals surface area contributed by atoms with E-state index in [9.17, 15) is 0 Å². The van der Waals surface area contributed by atoms with Crippen molar-refractivity contribution in [2.75, 3.05) is 26.8 Å². The van der Waals surface area contributed by atoms with E-state index in [4.69, 9.17) is 9.47 Å². The zero-order valence-corrected chi connectivity index (χ0v) is 10.7. The van der Waals surface area contributed by atoms with Crippen LogP contribution >= 0.6 is 0 Å². The van der Waals surface area contributed by atoms with E-state index in [1.54, 1.807) is 0 Å². The molecule has 1 saturated heterocycles. The second kappa shape index (κ2) is 6.15. The molecule has 0 unspecified atom stereocenters. The van der Waals surface area contributed by atoms with Crippen LogP contribution in [0.2, 0.25) is 0 Å². The maximum absolute atomic E-state index is 5.43. The highest BCUT2D eigenvalue weighted by Crippen LogP contribution is 2.12. The Labute approximate surface area is 103 Å². The Bertz CT molecular complexity index is 348. The van der Waals surface area contributed by atoms with Crippen LogP contribution in [0.4, 0.5) is 0 Å². The summed E-state index contributed by atoms with van der Waals surface area (Å²) in [7, 11) is 2.14. The van der Waals surface area contributed by atoms with Gasteiger partial charge in [-0.05, 0) is 25.1 Å². The first-order valence-electron chi connectivity index (χ1n) is 6.22. The van der Waals surface area contributed by atoms with Gasteiger partial charge in [-0.15, -0.1) is 0 Å². The van der Waals surface area contributed by atoms with Gasteiger partial charge in [-0.2, -0.15) is 0 Å². The summed E-state index contributed by atoms with van der Waals surface area (Å²) in [6.45, 7) is 5.63. The molecule has 3 nitrogen and oxygen atoms in total. The molecule has 0 aromatic heterocycles. The molecule has 3 heteroatoms. The lowest BCUT2D eigenvalue weighted by Crippen LogP contribution is -2.23. The van der Waals surface area contributed by atoms with E-state index in [0.29, 0.717) is 0 Å². The van der Waals surface area contributed by atoms with Crippen molar-refractivity contribution in [1.82, 2.24) is 4.90 Å². The van der Waals surface area contributed by atoms with Gasteiger partial charge in [-0.3, -0.25) is 0 Å². The maximum Gasteiger partial charge on any atom is 0.159 e. The molecule has 0 N–H and O–H groups in total. The summed E-state index contributed by atoms with van der Waals surface area (Å²) in [6.07, 6.45) is 0.955. The quantitative estimate of drug-likeness (QED) is 0.781. The van der Waals surface area contributed by atoms with Gasteiger partial charge in [-0.1, -0.05) is 24.3 Å². The topological polar surface area (TPSA) is 21.7 Å². The highest BCUT2D eigenvalue weighted by Gasteiger charge is 2.16. The lowest BCUT2D eigenvalue weighted by Gasteiger charge is -2.19. The molecule has 1 aromatic carbocycles. The molecule has 1 fully saturated rings. The highest BCUT2D eigenvalue weighted by molar-refractivity contribution is 5.25. The standard InChI is InChI=1S/C14H21NO2/c1-12-5-3-4-6-13(12)11-15(2)8-7-14-16-9-10-17-14/h3-6,14H,7-11H2,1-2H3. The Hall–Kier alpha value is -0.900. The zero-order chi connectivity index (χ0) is 12.1. The first-order chi connectivity index (χ1) is 8.25. The second-order valence-electron chi connectivity index (χ2n) is 4.62. The van der Waals surface area contributed by atoms with Crippen LogP contribution in [0, 0.1) is 6.92 Å². The minimum Gasteiger partial charge on any atom is -0.350 e. The number of aryl methyl sites for hydroxylation is 1. The number of nitrogens with zero attached hydrogens (tertiary/aromatic N) is 1. The SMILES string of the molecule is Cc1ccccc1CN(C)CCC1OCCO1. The number of hydrogen-bond donors (Lipinski definition) is 0. The van der Waals surface area contributed by atoms with Crippen LogP contribution in [0.3, 0.4) is 0 Å². The molecule has 0 bridgehead atoms. The largest absolute Gasteiger partial charge is 0.350 e. The van der Waals surface area contributed by atoms with Gasteiger partial charge in [0, 0.05) is 19.5 Å². The molecule has 2 rings (SSSR count). The lowest BCUT2D eigenvalue weighted by atomic mass is 10.1. The van der Waals surface area contributed by atoms with E-state index in [1.165, 1.54) is 11.1 Å². The van der Waals surface area contributed by atoms with Gasteiger partial charge in [0.2, 0.25) is 0 Å². The van der Waals surface area contributed by atoms with E-state index >= 15 is 0 Å². The summed E-state index contributed by atoms with van der Waals surface area (Å²) in [5.41, 5.74) is 2.75. The first-order valence-corrected chi connectivity index (χ1v) is 6.22. The third-order valence-electron chi connectivity index (χ3n) is 3.14. The summed E-state index contributed by atoms with van der Waals surface area (Å²) >= 11 is 0. The molecular formula is C14H21NO2. The van der Waals surface area contributed by atoms with Crippen LogP contribution in [-0.2, 0) is 16.0 Å². The third-order valence-corrected chi connectivity index (χ3v) is 3.14. The van der Waals surface area contributed by atoms with E-state index in [2.05, 4.69) is 43.1 Å². The Kier molecular flexibility index (Phi) is 4.54. The van der Waals surface area contributed by atoms with E-state index < -0.39 is 0 Å². The molecule has 0 spiro atoms. The van der Waals surface area contributed by atoms with Gasteiger partial charge in [0.25, 0.3) is 0 Å². The van der Waals surface area contributed by atoms with E-state index in [0.717, 1.165) is 32.7 Å². The van der Waals surface area contributed by atoms with Crippen molar-refractivity contribution in [2.24, 2.45) is 0 Å². The fourth-order valence-corrected chi connectivity index (χ4v) is 2.06. The molecule has 0 saturated carbocycles. The normalized spacial score (nSPS) is 16.9. The third kappa shape index (κ3) is 3.80. The Morgan fingerprint density at radius 3 is 2.65 bits per heavy atom. The summed E-state index contributed by atoms with van der Waals surface area (Å²) in [5, 5.41) is 0. The molecule has 1 aliphatic heterocycles. The number of ether oxygens (including phenoxy) is 2. The smallest absolute Gasteiger partial charge is 0.159 e. The van der Waals surface area contributed by atoms with Gasteiger partial charge in [0.05, 0.1) is 13.2 Å². The molecule has 1 aromatic rings. The van der Waals surface area contributed by atoms with Crippen molar-refractivity contribution >= 4 is 0 Å². The van der Waals surface area contributed by atoms with E-state index in [-0.39, 0.29) is 6.29 Å². The van der Waals surface area contributed by atoms with Gasteiger partial charge in [-0.25, -0.2) is 0 Å². The monoisotopic (exact) mass is 235 g/mol. The average Bonchev–Trinajstić information content (AvgIpc) is 2.82. The van der Waals surface area contributed by atoms with Crippen molar-refractivity contribution in [2.45, 2.75) is 26.2 Å². The summed E-state index contributed by atoms with van der Waals surface area (Å²) < 4.78 is 10.9. The number of benzene rings is 1. The highest BCUT2D eigenvalue weighted by atomic mass is 16.7. The van der Waals surface area contributed by atoms with Gasteiger partial charge in [0.15, 0.2) is 6.29 Å². The van der Waals surface area contributed by atoms with Crippen LogP contribution in [0.5, 0.6) is 0 Å². The minimum atomic E-state index is 0.00863. The molecule has 0 amide bonds. The molecule has 1 heterocycles. The van der Waals surface area contributed by atoms with Crippen molar-refractivity contribution in [1.29, 1.82) is 0 Å². The molecule has 0 atom stereocenters. The molecule has 0 radical (unpaired) electrons. The van der Waals surface area contributed by atoms with Gasteiger partial charge in [0.1, 0.15) is 0 Å². The Morgan fingerprint density at radius 1 is 1.24 bits per heavy atom. The maximum atomic E-state index is 5.43.